The Kier molecular flexibility index (Phi) is 7.33. The Labute approximate surface area is 221 Å². The molecule has 0 amide bonds. The number of fused-ring (bicyclic) bond motifs is 1. The molecule has 2 aliphatic heterocycles. The number of aromatic nitrogens is 1. The minimum Gasteiger partial charge on any atom is -0.351 e. The van der Waals surface area contributed by atoms with Gasteiger partial charge in [-0.1, -0.05) is 30.0 Å². The molecule has 2 aromatic heterocycles. The van der Waals surface area contributed by atoms with Crippen LogP contribution >= 0.6 is 23.1 Å². The van der Waals surface area contributed by atoms with Crippen molar-refractivity contribution in [3.8, 4) is 0 Å². The number of nitrogens with one attached hydrogen (secondary N) is 1. The van der Waals surface area contributed by atoms with Gasteiger partial charge in [0.05, 0.1) is 28.2 Å². The maximum atomic E-state index is 13.1. The van der Waals surface area contributed by atoms with Crippen molar-refractivity contribution < 1.29 is 17.2 Å². The van der Waals surface area contributed by atoms with Gasteiger partial charge >= 0.3 is 0 Å². The number of thiophene rings is 1. The number of sulfonamides is 1. The average Bonchev–Trinajstić information content (AvgIpc) is 3.59. The number of para-hydroxylation sites is 1. The second-order valence-corrected chi connectivity index (χ2v) is 15.0. The smallest absolute Gasteiger partial charge is 0.273 e. The molecule has 1 saturated heterocycles. The van der Waals surface area contributed by atoms with Crippen LogP contribution < -0.4 is 4.31 Å². The van der Waals surface area contributed by atoms with E-state index in [4.69, 9.17) is 9.55 Å². The molecule has 3 aromatic rings. The summed E-state index contributed by atoms with van der Waals surface area (Å²) in [6, 6.07) is 11.1. The summed E-state index contributed by atoms with van der Waals surface area (Å²) < 4.78 is 48.0. The number of H-pyrrole nitrogens is 1. The van der Waals surface area contributed by atoms with E-state index in [1.807, 2.05) is 29.2 Å². The van der Waals surface area contributed by atoms with Crippen molar-refractivity contribution in [3.05, 3.63) is 47.5 Å². The third-order valence-electron chi connectivity index (χ3n) is 6.53. The molecule has 5 rings (SSSR count). The van der Waals surface area contributed by atoms with E-state index in [0.717, 1.165) is 54.4 Å². The van der Waals surface area contributed by atoms with Crippen LogP contribution in [0.25, 0.3) is 10.9 Å². The molecule has 1 fully saturated rings. The Bertz CT molecular complexity index is 1400. The molecule has 0 bridgehead atoms. The van der Waals surface area contributed by atoms with Crippen LogP contribution in [0.2, 0.25) is 0 Å². The Morgan fingerprint density at radius 1 is 1.19 bits per heavy atom. The minimum absolute atomic E-state index is 0.0727. The molecule has 9 nitrogen and oxygen atoms in total. The topological polar surface area (TPSA) is 109 Å². The van der Waals surface area contributed by atoms with Gasteiger partial charge in [-0.05, 0) is 30.5 Å². The highest BCUT2D eigenvalue weighted by molar-refractivity contribution is 8.15. The lowest BCUT2D eigenvalue weighted by Gasteiger charge is -2.37. The molecule has 1 aromatic carbocycles. The molecule has 0 spiro atoms. The SMILES string of the molecule is CN(c1cccc2cc(C3=NCC(C)(CN4CCN(CS(=O)O)CC4)S3)[nH]c12)S(=O)(=O)c1cccs1. The highest BCUT2D eigenvalue weighted by Crippen LogP contribution is 2.38. The number of piperazine rings is 1. The van der Waals surface area contributed by atoms with E-state index >= 15 is 0 Å². The Hall–Kier alpha value is -1.74. The van der Waals surface area contributed by atoms with Gasteiger partial charge in [-0.3, -0.25) is 19.1 Å². The van der Waals surface area contributed by atoms with E-state index in [9.17, 15) is 12.6 Å². The van der Waals surface area contributed by atoms with Crippen molar-refractivity contribution in [1.29, 1.82) is 0 Å². The lowest BCUT2D eigenvalue weighted by Crippen LogP contribution is -2.51. The summed E-state index contributed by atoms with van der Waals surface area (Å²) in [5.74, 6) is 0.208. The zero-order chi connectivity index (χ0) is 25.5. The second-order valence-electron chi connectivity index (χ2n) is 9.35. The van der Waals surface area contributed by atoms with Crippen molar-refractivity contribution in [1.82, 2.24) is 14.8 Å². The number of hydrogen-bond acceptors (Lipinski definition) is 8. The van der Waals surface area contributed by atoms with Crippen molar-refractivity contribution in [2.24, 2.45) is 4.99 Å². The summed E-state index contributed by atoms with van der Waals surface area (Å²) in [4.78, 5) is 12.7. The standard InChI is InChI=1S/C23H29N5O4S4/c1-23(15-27-8-10-28(11-9-27)16-35(29)30)14-24-22(34-23)18-13-17-5-3-6-19(21(17)25-18)26(2)36(31,32)20-7-4-12-33-20/h3-7,12-13,25H,8-11,14-16H2,1-2H3,(H,29,30). The lowest BCUT2D eigenvalue weighted by molar-refractivity contribution is 0.139. The van der Waals surface area contributed by atoms with Gasteiger partial charge < -0.3 is 9.54 Å². The molecule has 0 saturated carbocycles. The van der Waals surface area contributed by atoms with Crippen LogP contribution in [0.1, 0.15) is 12.6 Å². The van der Waals surface area contributed by atoms with Crippen molar-refractivity contribution in [2.75, 3.05) is 56.5 Å². The van der Waals surface area contributed by atoms with Crippen LogP contribution in [-0.4, -0.2) is 93.9 Å². The fourth-order valence-corrected chi connectivity index (χ4v) is 8.79. The molecule has 194 valence electrons. The first kappa shape index (κ1) is 25.9. The molecule has 13 heteroatoms. The summed E-state index contributed by atoms with van der Waals surface area (Å²) in [6.45, 7) is 7.10. The van der Waals surface area contributed by atoms with Gasteiger partial charge in [0.2, 0.25) is 0 Å². The number of thioether (sulfide) groups is 1. The first-order valence-electron chi connectivity index (χ1n) is 11.5. The van der Waals surface area contributed by atoms with E-state index in [0.29, 0.717) is 16.4 Å². The fourth-order valence-electron chi connectivity index (χ4n) is 4.66. The number of nitrogens with zero attached hydrogens (tertiary/aromatic N) is 4. The van der Waals surface area contributed by atoms with Gasteiger partial charge in [0.1, 0.15) is 15.1 Å². The highest BCUT2D eigenvalue weighted by Gasteiger charge is 2.36. The summed E-state index contributed by atoms with van der Waals surface area (Å²) in [7, 11) is -2.05. The van der Waals surface area contributed by atoms with Gasteiger partial charge in [-0.25, -0.2) is 12.6 Å². The number of benzene rings is 1. The van der Waals surface area contributed by atoms with Crippen LogP contribution in [0, 0.1) is 0 Å². The Morgan fingerprint density at radius 3 is 2.64 bits per heavy atom. The monoisotopic (exact) mass is 567 g/mol. The molecule has 4 heterocycles. The van der Waals surface area contributed by atoms with Crippen LogP contribution in [0.5, 0.6) is 0 Å². The predicted molar refractivity (Wildman–Crippen MR) is 149 cm³/mol. The Balaban J connectivity index is 1.30. The fraction of sp³-hybridized carbons (Fsp3) is 0.435. The zero-order valence-electron chi connectivity index (χ0n) is 20.1. The summed E-state index contributed by atoms with van der Waals surface area (Å²) in [5, 5.41) is 3.63. The molecular weight excluding hydrogens is 539 g/mol. The summed E-state index contributed by atoms with van der Waals surface area (Å²) in [5.41, 5.74) is 2.26. The summed E-state index contributed by atoms with van der Waals surface area (Å²) >= 11 is 1.16. The molecule has 2 unspecified atom stereocenters. The van der Waals surface area contributed by atoms with Crippen LogP contribution in [0.4, 0.5) is 5.69 Å². The van der Waals surface area contributed by atoms with Crippen LogP contribution in [0.15, 0.2) is 51.0 Å². The van der Waals surface area contributed by atoms with E-state index < -0.39 is 21.1 Å². The number of aromatic amines is 1. The molecule has 36 heavy (non-hydrogen) atoms. The maximum Gasteiger partial charge on any atom is 0.273 e. The van der Waals surface area contributed by atoms with E-state index in [-0.39, 0.29) is 10.6 Å². The second kappa shape index (κ2) is 10.2. The first-order chi connectivity index (χ1) is 17.1. The molecule has 0 radical (unpaired) electrons. The molecule has 2 atom stereocenters. The number of hydrogen-bond donors (Lipinski definition) is 2. The van der Waals surface area contributed by atoms with Gasteiger partial charge in [0, 0.05) is 45.2 Å². The zero-order valence-corrected chi connectivity index (χ0v) is 23.4. The van der Waals surface area contributed by atoms with Crippen molar-refractivity contribution in [2.45, 2.75) is 15.9 Å². The normalized spacial score (nSPS) is 22.7. The highest BCUT2D eigenvalue weighted by atomic mass is 32.2. The number of rotatable bonds is 8. The predicted octanol–water partition coefficient (Wildman–Crippen LogP) is 3.10. The van der Waals surface area contributed by atoms with E-state index in [1.165, 1.54) is 15.6 Å². The molecule has 2 N–H and O–H groups in total. The van der Waals surface area contributed by atoms with Crippen molar-refractivity contribution in [3.63, 3.8) is 0 Å². The van der Waals surface area contributed by atoms with E-state index in [2.05, 4.69) is 16.8 Å². The van der Waals surface area contributed by atoms with Gasteiger partial charge in [0.25, 0.3) is 10.0 Å². The minimum atomic E-state index is -3.64. The maximum absolute atomic E-state index is 13.1. The quantitative estimate of drug-likeness (QED) is 0.403. The van der Waals surface area contributed by atoms with Gasteiger partial charge in [-0.15, -0.1) is 11.3 Å². The van der Waals surface area contributed by atoms with E-state index in [1.54, 1.807) is 36.3 Å². The van der Waals surface area contributed by atoms with Gasteiger partial charge in [-0.2, -0.15) is 0 Å². The first-order valence-corrected chi connectivity index (χ1v) is 16.0. The molecular formula is C23H29N5O4S4. The number of aliphatic imine (C=N–C) groups is 1. The summed E-state index contributed by atoms with van der Waals surface area (Å²) in [6.07, 6.45) is 0. The third kappa shape index (κ3) is 5.28. The Morgan fingerprint density at radius 2 is 1.94 bits per heavy atom. The molecule has 2 aliphatic rings. The lowest BCUT2D eigenvalue weighted by atomic mass is 10.1. The average molecular weight is 568 g/mol. The molecule has 0 aliphatic carbocycles. The van der Waals surface area contributed by atoms with Crippen LogP contribution in [0.3, 0.4) is 0 Å². The number of anilines is 1. The largest absolute Gasteiger partial charge is 0.351 e. The van der Waals surface area contributed by atoms with Gasteiger partial charge in [0.15, 0.2) is 11.1 Å². The van der Waals surface area contributed by atoms with Crippen LogP contribution in [-0.2, 0) is 21.1 Å². The third-order valence-corrected chi connectivity index (χ3v) is 11.6. The van der Waals surface area contributed by atoms with Crippen molar-refractivity contribution >= 4 is 65.8 Å².